The fourth-order valence-electron chi connectivity index (χ4n) is 3.63. The van der Waals surface area contributed by atoms with Crippen LogP contribution < -0.4 is 5.32 Å². The third kappa shape index (κ3) is 4.15. The molecular formula is C25H25FN2. The predicted molar refractivity (Wildman–Crippen MR) is 114 cm³/mol. The Labute approximate surface area is 165 Å². The van der Waals surface area contributed by atoms with Crippen molar-refractivity contribution in [3.63, 3.8) is 0 Å². The van der Waals surface area contributed by atoms with E-state index in [1.54, 1.807) is 6.07 Å². The lowest BCUT2D eigenvalue weighted by Crippen LogP contribution is -2.17. The zero-order chi connectivity index (χ0) is 19.3. The maximum Gasteiger partial charge on any atom is 0.126 e. The number of para-hydroxylation sites is 1. The summed E-state index contributed by atoms with van der Waals surface area (Å²) in [5, 5.41) is 4.75. The Balaban J connectivity index is 1.46. The van der Waals surface area contributed by atoms with Gasteiger partial charge in [0.15, 0.2) is 0 Å². The molecular weight excluding hydrogens is 347 g/mol. The summed E-state index contributed by atoms with van der Waals surface area (Å²) in [6.07, 6.45) is 2.93. The van der Waals surface area contributed by atoms with Gasteiger partial charge in [-0.25, -0.2) is 4.39 Å². The molecule has 0 aliphatic carbocycles. The van der Waals surface area contributed by atoms with Crippen molar-refractivity contribution in [1.29, 1.82) is 0 Å². The van der Waals surface area contributed by atoms with Gasteiger partial charge in [0, 0.05) is 30.2 Å². The highest BCUT2D eigenvalue weighted by atomic mass is 19.1. The number of fused-ring (bicyclic) bond motifs is 1. The molecule has 0 saturated heterocycles. The molecule has 0 spiro atoms. The van der Waals surface area contributed by atoms with Crippen LogP contribution in [0.5, 0.6) is 0 Å². The summed E-state index contributed by atoms with van der Waals surface area (Å²) in [4.78, 5) is 0. The van der Waals surface area contributed by atoms with Crippen LogP contribution in [0.25, 0.3) is 10.9 Å². The molecule has 0 unspecified atom stereocenters. The summed E-state index contributed by atoms with van der Waals surface area (Å²) in [5.74, 6) is -0.126. The molecule has 28 heavy (non-hydrogen) atoms. The maximum atomic E-state index is 13.8. The molecule has 0 atom stereocenters. The molecule has 1 heterocycles. The lowest BCUT2D eigenvalue weighted by atomic mass is 10.1. The van der Waals surface area contributed by atoms with Crippen LogP contribution in [-0.2, 0) is 19.5 Å². The number of rotatable bonds is 7. The van der Waals surface area contributed by atoms with Crippen molar-refractivity contribution in [1.82, 2.24) is 9.88 Å². The van der Waals surface area contributed by atoms with E-state index in [9.17, 15) is 4.39 Å². The summed E-state index contributed by atoms with van der Waals surface area (Å²) >= 11 is 0. The molecule has 1 N–H and O–H groups in total. The molecule has 4 aromatic rings. The molecule has 0 aliphatic rings. The average Bonchev–Trinajstić information content (AvgIpc) is 3.06. The SMILES string of the molecule is Cc1ccc(Cn2cc(CNCCc3ccccc3F)c3ccccc32)cc1. The Morgan fingerprint density at radius 3 is 2.43 bits per heavy atom. The van der Waals surface area contributed by atoms with E-state index in [-0.39, 0.29) is 5.82 Å². The highest BCUT2D eigenvalue weighted by Gasteiger charge is 2.08. The van der Waals surface area contributed by atoms with E-state index in [1.807, 2.05) is 12.1 Å². The first kappa shape index (κ1) is 18.5. The lowest BCUT2D eigenvalue weighted by Gasteiger charge is -2.06. The molecule has 142 valence electrons. The molecule has 0 fully saturated rings. The van der Waals surface area contributed by atoms with Crippen LogP contribution in [-0.4, -0.2) is 11.1 Å². The average molecular weight is 372 g/mol. The first-order chi connectivity index (χ1) is 13.7. The smallest absolute Gasteiger partial charge is 0.126 e. The van der Waals surface area contributed by atoms with Gasteiger partial charge in [-0.3, -0.25) is 0 Å². The van der Waals surface area contributed by atoms with Crippen LogP contribution in [0.4, 0.5) is 4.39 Å². The minimum absolute atomic E-state index is 0.126. The van der Waals surface area contributed by atoms with Crippen molar-refractivity contribution in [2.24, 2.45) is 0 Å². The number of hydrogen-bond acceptors (Lipinski definition) is 1. The van der Waals surface area contributed by atoms with E-state index in [0.717, 1.165) is 25.2 Å². The molecule has 0 amide bonds. The number of hydrogen-bond donors (Lipinski definition) is 1. The second-order valence-electron chi connectivity index (χ2n) is 7.30. The first-order valence-corrected chi connectivity index (χ1v) is 9.77. The van der Waals surface area contributed by atoms with Crippen LogP contribution in [0.1, 0.15) is 22.3 Å². The van der Waals surface area contributed by atoms with Gasteiger partial charge in [0.2, 0.25) is 0 Å². The quantitative estimate of drug-likeness (QED) is 0.426. The number of benzene rings is 3. The number of halogens is 1. The Bertz CT molecular complexity index is 1060. The van der Waals surface area contributed by atoms with Crippen LogP contribution in [0.15, 0.2) is 79.0 Å². The molecule has 3 aromatic carbocycles. The van der Waals surface area contributed by atoms with Gasteiger partial charge in [0.1, 0.15) is 5.82 Å². The van der Waals surface area contributed by atoms with E-state index in [2.05, 4.69) is 71.5 Å². The molecule has 2 nitrogen and oxygen atoms in total. The van der Waals surface area contributed by atoms with E-state index < -0.39 is 0 Å². The maximum absolute atomic E-state index is 13.8. The Hall–Kier alpha value is -2.91. The van der Waals surface area contributed by atoms with Crippen LogP contribution >= 0.6 is 0 Å². The summed E-state index contributed by atoms with van der Waals surface area (Å²) in [6, 6.07) is 24.2. The van der Waals surface area contributed by atoms with Gasteiger partial charge in [-0.1, -0.05) is 66.2 Å². The molecule has 0 radical (unpaired) electrons. The zero-order valence-electron chi connectivity index (χ0n) is 16.2. The van der Waals surface area contributed by atoms with Crippen LogP contribution in [0.3, 0.4) is 0 Å². The summed E-state index contributed by atoms with van der Waals surface area (Å²) in [6.45, 7) is 4.49. The van der Waals surface area contributed by atoms with Crippen LogP contribution in [0.2, 0.25) is 0 Å². The second kappa shape index (κ2) is 8.41. The van der Waals surface area contributed by atoms with Gasteiger partial charge in [0.25, 0.3) is 0 Å². The lowest BCUT2D eigenvalue weighted by molar-refractivity contribution is 0.598. The van der Waals surface area contributed by atoms with E-state index in [4.69, 9.17) is 0 Å². The molecule has 0 aliphatic heterocycles. The molecule has 3 heteroatoms. The van der Waals surface area contributed by atoms with Crippen molar-refractivity contribution in [2.75, 3.05) is 6.54 Å². The van der Waals surface area contributed by atoms with Crippen molar-refractivity contribution in [3.05, 3.63) is 107 Å². The van der Waals surface area contributed by atoms with Crippen molar-refractivity contribution < 1.29 is 4.39 Å². The Kier molecular flexibility index (Phi) is 5.54. The fourth-order valence-corrected chi connectivity index (χ4v) is 3.63. The number of aromatic nitrogens is 1. The largest absolute Gasteiger partial charge is 0.343 e. The number of nitrogens with zero attached hydrogens (tertiary/aromatic N) is 1. The standard InChI is InChI=1S/C25H25FN2/c1-19-10-12-20(13-11-19)17-28-18-22(23-7-3-5-9-25(23)28)16-27-15-14-21-6-2-4-8-24(21)26/h2-13,18,27H,14-17H2,1H3. The topological polar surface area (TPSA) is 17.0 Å². The summed E-state index contributed by atoms with van der Waals surface area (Å²) in [5.41, 5.74) is 5.85. The zero-order valence-corrected chi connectivity index (χ0v) is 16.2. The van der Waals surface area contributed by atoms with E-state index in [0.29, 0.717) is 6.42 Å². The van der Waals surface area contributed by atoms with Gasteiger partial charge >= 0.3 is 0 Å². The fraction of sp³-hybridized carbons (Fsp3) is 0.200. The minimum atomic E-state index is -0.126. The first-order valence-electron chi connectivity index (χ1n) is 9.77. The summed E-state index contributed by atoms with van der Waals surface area (Å²) in [7, 11) is 0. The van der Waals surface area contributed by atoms with Crippen LogP contribution in [0, 0.1) is 12.7 Å². The highest BCUT2D eigenvalue weighted by Crippen LogP contribution is 2.22. The normalized spacial score (nSPS) is 11.2. The van der Waals surface area contributed by atoms with Gasteiger partial charge in [-0.05, 0) is 48.7 Å². The van der Waals surface area contributed by atoms with Crippen molar-refractivity contribution in [3.8, 4) is 0 Å². The number of aryl methyl sites for hydroxylation is 1. The predicted octanol–water partition coefficient (Wildman–Crippen LogP) is 5.47. The molecule has 0 bridgehead atoms. The van der Waals surface area contributed by atoms with Gasteiger partial charge in [-0.15, -0.1) is 0 Å². The van der Waals surface area contributed by atoms with Crippen molar-refractivity contribution in [2.45, 2.75) is 26.4 Å². The highest BCUT2D eigenvalue weighted by molar-refractivity contribution is 5.84. The summed E-state index contributed by atoms with van der Waals surface area (Å²) < 4.78 is 16.1. The third-order valence-electron chi connectivity index (χ3n) is 5.19. The van der Waals surface area contributed by atoms with Crippen molar-refractivity contribution >= 4 is 10.9 Å². The molecule has 0 saturated carbocycles. The van der Waals surface area contributed by atoms with E-state index >= 15 is 0 Å². The molecule has 4 rings (SSSR count). The monoisotopic (exact) mass is 372 g/mol. The van der Waals surface area contributed by atoms with Gasteiger partial charge < -0.3 is 9.88 Å². The van der Waals surface area contributed by atoms with E-state index in [1.165, 1.54) is 33.7 Å². The Morgan fingerprint density at radius 2 is 1.61 bits per heavy atom. The Morgan fingerprint density at radius 1 is 0.857 bits per heavy atom. The minimum Gasteiger partial charge on any atom is -0.343 e. The second-order valence-corrected chi connectivity index (χ2v) is 7.30. The number of nitrogens with one attached hydrogen (secondary N) is 1. The van der Waals surface area contributed by atoms with Gasteiger partial charge in [-0.2, -0.15) is 0 Å². The molecule has 1 aromatic heterocycles. The van der Waals surface area contributed by atoms with Gasteiger partial charge in [0.05, 0.1) is 0 Å². The third-order valence-corrected chi connectivity index (χ3v) is 5.19.